The van der Waals surface area contributed by atoms with Gasteiger partial charge in [-0.3, -0.25) is 4.79 Å². The topological polar surface area (TPSA) is 86.5 Å². The highest BCUT2D eigenvalue weighted by Crippen LogP contribution is 2.11. The molecule has 0 saturated heterocycles. The number of amides is 1. The molecule has 3 N–H and O–H groups in total. The minimum Gasteiger partial charge on any atom is -0.494 e. The quantitative estimate of drug-likeness (QED) is 0.759. The second-order valence-electron chi connectivity index (χ2n) is 3.13. The molecule has 0 aromatic carbocycles. The van der Waals surface area contributed by atoms with Gasteiger partial charge in [-0.15, -0.1) is 0 Å². The summed E-state index contributed by atoms with van der Waals surface area (Å²) in [6.07, 6.45) is 2.76. The van der Waals surface area contributed by atoms with Crippen LogP contribution in [0.3, 0.4) is 0 Å². The molecule has 84 valence electrons. The highest BCUT2D eigenvalue weighted by molar-refractivity contribution is 6.02. The lowest BCUT2D eigenvalue weighted by molar-refractivity contribution is -0.117. The summed E-state index contributed by atoms with van der Waals surface area (Å²) >= 11 is 0. The number of carbonyl (C=O) groups excluding carboxylic acids is 1. The molecule has 1 amide bonds. The predicted molar refractivity (Wildman–Crippen MR) is 57.3 cm³/mol. The summed E-state index contributed by atoms with van der Waals surface area (Å²) < 4.78 is 10.1. The number of hydrogen-bond donors (Lipinski definition) is 2. The maximum absolute atomic E-state index is 11.6. The van der Waals surface area contributed by atoms with Gasteiger partial charge in [0.05, 0.1) is 11.9 Å². The van der Waals surface area contributed by atoms with E-state index in [-0.39, 0.29) is 11.7 Å². The number of carbonyl (C=O) groups is 1. The second-order valence-corrected chi connectivity index (χ2v) is 3.13. The van der Waals surface area contributed by atoms with Gasteiger partial charge in [-0.1, -0.05) is 0 Å². The van der Waals surface area contributed by atoms with Gasteiger partial charge in [0.2, 0.25) is 5.76 Å². The molecule has 2 rings (SSSR count). The molecule has 1 aliphatic heterocycles. The number of nitrogens with zero attached hydrogens (tertiary/aromatic N) is 1. The number of nitrogens with two attached hydrogens (primary N) is 1. The Morgan fingerprint density at radius 2 is 2.31 bits per heavy atom. The predicted octanol–water partition coefficient (Wildman–Crippen LogP) is 0.490. The monoisotopic (exact) mass is 221 g/mol. The van der Waals surface area contributed by atoms with Crippen LogP contribution in [0.1, 0.15) is 0 Å². The Labute approximate surface area is 92.1 Å². The van der Waals surface area contributed by atoms with Crippen molar-refractivity contribution in [3.05, 3.63) is 30.4 Å². The molecule has 1 aromatic rings. The first-order valence-corrected chi connectivity index (χ1v) is 4.73. The molecule has 0 fully saturated rings. The Morgan fingerprint density at radius 3 is 2.94 bits per heavy atom. The molecule has 0 aliphatic carbocycles. The smallest absolute Gasteiger partial charge is 0.294 e. The van der Waals surface area contributed by atoms with E-state index in [2.05, 4.69) is 10.3 Å². The van der Waals surface area contributed by atoms with Crippen molar-refractivity contribution in [2.75, 3.05) is 24.3 Å². The number of aromatic nitrogens is 1. The minimum atomic E-state index is -0.369. The summed E-state index contributed by atoms with van der Waals surface area (Å²) in [7, 11) is 0. The number of rotatable bonds is 2. The van der Waals surface area contributed by atoms with E-state index in [9.17, 15) is 4.79 Å². The van der Waals surface area contributed by atoms with Gasteiger partial charge in [0.1, 0.15) is 25.3 Å². The third kappa shape index (κ3) is 2.41. The van der Waals surface area contributed by atoms with Crippen LogP contribution in [0, 0.1) is 0 Å². The van der Waals surface area contributed by atoms with Crippen LogP contribution in [-0.4, -0.2) is 24.1 Å². The van der Waals surface area contributed by atoms with E-state index in [0.717, 1.165) is 0 Å². The number of nitrogen functional groups attached to an aromatic ring is 1. The molecule has 0 bridgehead atoms. The fourth-order valence-electron chi connectivity index (χ4n) is 1.16. The largest absolute Gasteiger partial charge is 0.494 e. The molecule has 0 saturated carbocycles. The Hall–Kier alpha value is -2.24. The van der Waals surface area contributed by atoms with Crippen molar-refractivity contribution in [3.8, 4) is 0 Å². The zero-order valence-electron chi connectivity index (χ0n) is 8.47. The minimum absolute atomic E-state index is 0.156. The number of hydrogen-bond acceptors (Lipinski definition) is 5. The lowest BCUT2D eigenvalue weighted by Gasteiger charge is -2.14. The highest BCUT2D eigenvalue weighted by atomic mass is 16.6. The van der Waals surface area contributed by atoms with Gasteiger partial charge in [0.25, 0.3) is 5.91 Å². The number of anilines is 2. The molecule has 2 heterocycles. The lowest BCUT2D eigenvalue weighted by Crippen LogP contribution is -2.21. The molecular formula is C10H11N3O3. The van der Waals surface area contributed by atoms with Gasteiger partial charge < -0.3 is 20.5 Å². The van der Waals surface area contributed by atoms with Crippen molar-refractivity contribution in [1.82, 2.24) is 4.98 Å². The van der Waals surface area contributed by atoms with Gasteiger partial charge in [0.15, 0.2) is 0 Å². The van der Waals surface area contributed by atoms with E-state index in [1.165, 1.54) is 12.5 Å². The lowest BCUT2D eigenvalue weighted by atomic mass is 10.4. The van der Waals surface area contributed by atoms with Crippen molar-refractivity contribution in [1.29, 1.82) is 0 Å². The van der Waals surface area contributed by atoms with Crippen LogP contribution in [0.15, 0.2) is 30.4 Å². The van der Waals surface area contributed by atoms with Gasteiger partial charge in [0, 0.05) is 0 Å². The standard InChI is InChI=1S/C10H11N3O3/c11-9-2-1-7(5-12-9)13-10(14)8-6-15-3-4-16-8/h1-2,5-6H,3-4H2,(H2,11,12)(H,13,14). The molecular weight excluding hydrogens is 210 g/mol. The molecule has 0 atom stereocenters. The molecule has 0 spiro atoms. The summed E-state index contributed by atoms with van der Waals surface area (Å²) in [6, 6.07) is 3.26. The van der Waals surface area contributed by atoms with Gasteiger partial charge >= 0.3 is 0 Å². The fourth-order valence-corrected chi connectivity index (χ4v) is 1.16. The maximum Gasteiger partial charge on any atom is 0.294 e. The van der Waals surface area contributed by atoms with Crippen LogP contribution in [0.4, 0.5) is 11.5 Å². The van der Waals surface area contributed by atoms with E-state index in [1.807, 2.05) is 0 Å². The Kier molecular flexibility index (Phi) is 2.90. The summed E-state index contributed by atoms with van der Waals surface area (Å²) in [5.41, 5.74) is 5.97. The second kappa shape index (κ2) is 4.52. The Morgan fingerprint density at radius 1 is 1.44 bits per heavy atom. The summed E-state index contributed by atoms with van der Waals surface area (Å²) in [5, 5.41) is 2.61. The van der Waals surface area contributed by atoms with Crippen molar-refractivity contribution < 1.29 is 14.3 Å². The fraction of sp³-hybridized carbons (Fsp3) is 0.200. The van der Waals surface area contributed by atoms with Crippen molar-refractivity contribution in [3.63, 3.8) is 0 Å². The highest BCUT2D eigenvalue weighted by Gasteiger charge is 2.14. The van der Waals surface area contributed by atoms with E-state index >= 15 is 0 Å². The zero-order chi connectivity index (χ0) is 11.4. The van der Waals surface area contributed by atoms with Crippen LogP contribution in [0.5, 0.6) is 0 Å². The normalized spacial score (nSPS) is 14.4. The maximum atomic E-state index is 11.6. The van der Waals surface area contributed by atoms with Crippen LogP contribution >= 0.6 is 0 Å². The first kappa shape index (κ1) is 10.3. The Balaban J connectivity index is 2.01. The summed E-state index contributed by atoms with van der Waals surface area (Å²) in [6.45, 7) is 0.833. The van der Waals surface area contributed by atoms with Crippen molar-refractivity contribution in [2.45, 2.75) is 0 Å². The summed E-state index contributed by atoms with van der Waals surface area (Å²) in [5.74, 6) is 0.184. The van der Waals surface area contributed by atoms with Crippen LogP contribution in [-0.2, 0) is 14.3 Å². The zero-order valence-corrected chi connectivity index (χ0v) is 8.47. The first-order chi connectivity index (χ1) is 7.75. The SMILES string of the molecule is Nc1ccc(NC(=O)C2=COCCO2)cn1. The van der Waals surface area contributed by atoms with Gasteiger partial charge in [-0.05, 0) is 12.1 Å². The number of pyridine rings is 1. The first-order valence-electron chi connectivity index (χ1n) is 4.73. The molecule has 0 radical (unpaired) electrons. The molecule has 6 heteroatoms. The molecule has 6 nitrogen and oxygen atoms in total. The third-order valence-corrected chi connectivity index (χ3v) is 1.92. The average molecular weight is 221 g/mol. The number of ether oxygens (including phenoxy) is 2. The third-order valence-electron chi connectivity index (χ3n) is 1.92. The van der Waals surface area contributed by atoms with Crippen LogP contribution < -0.4 is 11.1 Å². The van der Waals surface area contributed by atoms with E-state index < -0.39 is 0 Å². The van der Waals surface area contributed by atoms with E-state index in [1.54, 1.807) is 12.1 Å². The van der Waals surface area contributed by atoms with Crippen molar-refractivity contribution in [2.24, 2.45) is 0 Å². The van der Waals surface area contributed by atoms with Crippen LogP contribution in [0.2, 0.25) is 0 Å². The molecule has 16 heavy (non-hydrogen) atoms. The molecule has 1 aromatic heterocycles. The van der Waals surface area contributed by atoms with E-state index in [4.69, 9.17) is 15.2 Å². The molecule has 1 aliphatic rings. The number of nitrogens with one attached hydrogen (secondary N) is 1. The van der Waals surface area contributed by atoms with Crippen molar-refractivity contribution >= 4 is 17.4 Å². The van der Waals surface area contributed by atoms with Gasteiger partial charge in [-0.25, -0.2) is 4.98 Å². The van der Waals surface area contributed by atoms with E-state index in [0.29, 0.717) is 24.7 Å². The van der Waals surface area contributed by atoms with Gasteiger partial charge in [-0.2, -0.15) is 0 Å². The summed E-state index contributed by atoms with van der Waals surface area (Å²) in [4.78, 5) is 15.5. The molecule has 0 unspecified atom stereocenters. The Bertz CT molecular complexity index is 414. The van der Waals surface area contributed by atoms with Crippen LogP contribution in [0.25, 0.3) is 0 Å². The average Bonchev–Trinajstić information content (AvgIpc) is 2.33.